The molecular formula is C11H13N3O2Y-2. The molecule has 1 aliphatic rings. The van der Waals surface area contributed by atoms with Gasteiger partial charge in [0.15, 0.2) is 5.69 Å². The minimum Gasteiger partial charge on any atom is -0.418 e. The number of piperazine rings is 1. The standard InChI is InChI=1S/C11H13N3O2.Y/c1-9-8-12-6-7-13(9)10-2-4-11(5-3-10)14(15)16;/h2,4-5,9,12H,1,6-8H2;/q-2;. The molecule has 17 heavy (non-hydrogen) atoms. The molecule has 0 aromatic heterocycles. The predicted molar refractivity (Wildman–Crippen MR) is 61.3 cm³/mol. The molecule has 0 bridgehead atoms. The molecule has 1 fully saturated rings. The number of rotatable bonds is 2. The first kappa shape index (κ1) is 14.5. The number of non-ortho nitro benzene ring substituents is 1. The number of nitrogens with zero attached hydrogens (tertiary/aromatic N) is 2. The summed E-state index contributed by atoms with van der Waals surface area (Å²) in [7, 11) is 0. The van der Waals surface area contributed by atoms with E-state index in [0.717, 1.165) is 25.3 Å². The Bertz CT molecular complexity index is 383. The third kappa shape index (κ3) is 3.47. The molecule has 0 amide bonds. The van der Waals surface area contributed by atoms with E-state index in [1.54, 1.807) is 6.07 Å². The first-order chi connectivity index (χ1) is 7.68. The molecule has 89 valence electrons. The van der Waals surface area contributed by atoms with Gasteiger partial charge in [0.2, 0.25) is 0 Å². The quantitative estimate of drug-likeness (QED) is 0.503. The number of nitrogens with one attached hydrogen (secondary N) is 1. The molecule has 1 radical (unpaired) electrons. The van der Waals surface area contributed by atoms with Crippen LogP contribution >= 0.6 is 0 Å². The Kier molecular flexibility index (Phi) is 5.50. The van der Waals surface area contributed by atoms with Crippen molar-refractivity contribution >= 4 is 11.4 Å². The molecule has 1 N–H and O–H groups in total. The van der Waals surface area contributed by atoms with E-state index >= 15 is 0 Å². The van der Waals surface area contributed by atoms with Crippen LogP contribution in [0, 0.1) is 23.1 Å². The number of nitro groups is 1. The molecule has 0 spiro atoms. The largest absolute Gasteiger partial charge is 0.418 e. The van der Waals surface area contributed by atoms with Gasteiger partial charge in [-0.3, -0.25) is 10.1 Å². The first-order valence-corrected chi connectivity index (χ1v) is 5.15. The molecule has 5 nitrogen and oxygen atoms in total. The maximum absolute atomic E-state index is 10.5. The number of hydrogen-bond acceptors (Lipinski definition) is 4. The van der Waals surface area contributed by atoms with Gasteiger partial charge in [0.05, 0.1) is 0 Å². The smallest absolute Gasteiger partial charge is 0.163 e. The van der Waals surface area contributed by atoms with Crippen LogP contribution in [0.25, 0.3) is 0 Å². The summed E-state index contributed by atoms with van der Waals surface area (Å²) in [6, 6.07) is 7.71. The van der Waals surface area contributed by atoms with Gasteiger partial charge in [0.1, 0.15) is 0 Å². The van der Waals surface area contributed by atoms with Crippen LogP contribution in [0.4, 0.5) is 11.4 Å². The monoisotopic (exact) mass is 308 g/mol. The zero-order chi connectivity index (χ0) is 11.5. The van der Waals surface area contributed by atoms with Crippen molar-refractivity contribution in [3.05, 3.63) is 41.3 Å². The Labute approximate surface area is 126 Å². The Balaban J connectivity index is 0.00000144. The number of nitro benzene ring substituents is 1. The molecule has 0 aliphatic carbocycles. The fraction of sp³-hybridized carbons (Fsp3) is 0.364. The van der Waals surface area contributed by atoms with Crippen molar-refractivity contribution in [2.75, 3.05) is 24.5 Å². The van der Waals surface area contributed by atoms with Crippen LogP contribution in [0.15, 0.2) is 18.2 Å². The molecule has 1 atom stereocenters. The number of hydrogen-bond donors (Lipinski definition) is 1. The average Bonchev–Trinajstić information content (AvgIpc) is 2.30. The second-order valence-corrected chi connectivity index (χ2v) is 3.74. The van der Waals surface area contributed by atoms with E-state index in [0.29, 0.717) is 0 Å². The Morgan fingerprint density at radius 3 is 2.88 bits per heavy atom. The minimum absolute atomic E-state index is 0. The third-order valence-corrected chi connectivity index (χ3v) is 2.65. The summed E-state index contributed by atoms with van der Waals surface area (Å²) in [5, 5.41) is 13.7. The molecule has 6 heteroatoms. The van der Waals surface area contributed by atoms with E-state index in [4.69, 9.17) is 0 Å². The van der Waals surface area contributed by atoms with Crippen LogP contribution in [0.1, 0.15) is 0 Å². The maximum Gasteiger partial charge on any atom is 0.163 e. The second kappa shape index (κ2) is 6.43. The van der Waals surface area contributed by atoms with Crippen LogP contribution < -0.4 is 10.2 Å². The summed E-state index contributed by atoms with van der Waals surface area (Å²) in [6.45, 7) is 6.60. The summed E-state index contributed by atoms with van der Waals surface area (Å²) in [6.07, 6.45) is 0. The van der Waals surface area contributed by atoms with E-state index < -0.39 is 4.92 Å². The molecule has 2 rings (SSSR count). The topological polar surface area (TPSA) is 58.4 Å². The van der Waals surface area contributed by atoms with Gasteiger partial charge in [-0.25, -0.2) is 0 Å². The Morgan fingerprint density at radius 2 is 2.35 bits per heavy atom. The van der Waals surface area contributed by atoms with Gasteiger partial charge >= 0.3 is 0 Å². The van der Waals surface area contributed by atoms with Crippen molar-refractivity contribution in [3.63, 3.8) is 0 Å². The van der Waals surface area contributed by atoms with Gasteiger partial charge < -0.3 is 17.1 Å². The predicted octanol–water partition coefficient (Wildman–Crippen LogP) is 1.00. The van der Waals surface area contributed by atoms with Crippen LogP contribution in [0.2, 0.25) is 0 Å². The summed E-state index contributed by atoms with van der Waals surface area (Å²) in [4.78, 5) is 12.2. The SMILES string of the molecule is [CH2-]C1CNCCN1c1[c-]cc([N+](=O)[O-])cc1.[Y]. The van der Waals surface area contributed by atoms with Crippen molar-refractivity contribution < 1.29 is 37.6 Å². The normalized spacial score (nSPS) is 19.6. The molecule has 1 aromatic rings. The van der Waals surface area contributed by atoms with E-state index in [9.17, 15) is 10.1 Å². The van der Waals surface area contributed by atoms with E-state index in [-0.39, 0.29) is 44.4 Å². The van der Waals surface area contributed by atoms with Gasteiger partial charge in [-0.05, 0) is 6.54 Å². The molecule has 1 saturated heterocycles. The Hall–Kier alpha value is -0.516. The molecule has 1 heterocycles. The van der Waals surface area contributed by atoms with E-state index in [1.807, 2.05) is 0 Å². The zero-order valence-electron chi connectivity index (χ0n) is 9.43. The van der Waals surface area contributed by atoms with Gasteiger partial charge in [0.25, 0.3) is 0 Å². The fourth-order valence-corrected chi connectivity index (χ4v) is 1.78. The van der Waals surface area contributed by atoms with Gasteiger partial charge in [-0.1, -0.05) is 23.9 Å². The zero-order valence-corrected chi connectivity index (χ0v) is 12.3. The first-order valence-electron chi connectivity index (χ1n) is 5.15. The van der Waals surface area contributed by atoms with Gasteiger partial charge in [-0.15, -0.1) is 6.07 Å². The van der Waals surface area contributed by atoms with Crippen molar-refractivity contribution in [2.24, 2.45) is 0 Å². The molecule has 1 unspecified atom stereocenters. The third-order valence-electron chi connectivity index (χ3n) is 2.65. The molecule has 1 aromatic carbocycles. The van der Waals surface area contributed by atoms with E-state index in [2.05, 4.69) is 23.2 Å². The maximum atomic E-state index is 10.5. The average molecular weight is 308 g/mol. The minimum atomic E-state index is -0.417. The summed E-state index contributed by atoms with van der Waals surface area (Å²) >= 11 is 0. The van der Waals surface area contributed by atoms with Crippen molar-refractivity contribution in [1.29, 1.82) is 0 Å². The summed E-state index contributed by atoms with van der Waals surface area (Å²) in [5.41, 5.74) is 0.937. The summed E-state index contributed by atoms with van der Waals surface area (Å²) in [5.74, 6) is 0. The number of benzene rings is 1. The van der Waals surface area contributed by atoms with E-state index in [1.165, 1.54) is 12.1 Å². The van der Waals surface area contributed by atoms with Gasteiger partial charge in [-0.2, -0.15) is 6.07 Å². The van der Waals surface area contributed by atoms with Crippen molar-refractivity contribution in [3.8, 4) is 0 Å². The number of anilines is 1. The fourth-order valence-electron chi connectivity index (χ4n) is 1.78. The van der Waals surface area contributed by atoms with Crippen LogP contribution in [0.3, 0.4) is 0 Å². The van der Waals surface area contributed by atoms with Crippen molar-refractivity contribution in [2.45, 2.75) is 6.04 Å². The van der Waals surface area contributed by atoms with Crippen LogP contribution in [0.5, 0.6) is 0 Å². The second-order valence-electron chi connectivity index (χ2n) is 3.74. The van der Waals surface area contributed by atoms with Crippen LogP contribution in [-0.2, 0) is 32.7 Å². The molecular weight excluding hydrogens is 295 g/mol. The van der Waals surface area contributed by atoms with Gasteiger partial charge in [0, 0.05) is 50.7 Å². The van der Waals surface area contributed by atoms with Crippen LogP contribution in [-0.4, -0.2) is 30.6 Å². The molecule has 0 saturated carbocycles. The molecule has 1 aliphatic heterocycles. The van der Waals surface area contributed by atoms with Crippen molar-refractivity contribution in [1.82, 2.24) is 5.32 Å². The Morgan fingerprint density at radius 1 is 1.59 bits per heavy atom. The summed E-state index contributed by atoms with van der Waals surface area (Å²) < 4.78 is 0.